The summed E-state index contributed by atoms with van der Waals surface area (Å²) in [5, 5.41) is 13.1. The van der Waals surface area contributed by atoms with Crippen LogP contribution in [0.3, 0.4) is 0 Å². The normalized spacial score (nSPS) is 22.7. The summed E-state index contributed by atoms with van der Waals surface area (Å²) >= 11 is 0. The number of rotatable bonds is 4. The lowest BCUT2D eigenvalue weighted by Gasteiger charge is -2.40. The average molecular weight is 424 g/mol. The van der Waals surface area contributed by atoms with E-state index in [1.165, 1.54) is 38.2 Å². The SMILES string of the molecule is [2H]C([2H])([2H])Oc1ccc(C(=O)Nc2ccc(F)c([C@]3(C)CS(=O)(=O)N(C)C(=N)N3)c2)nc1. The highest BCUT2D eigenvalue weighted by Crippen LogP contribution is 2.31. The second-order valence-electron chi connectivity index (χ2n) is 6.66. The van der Waals surface area contributed by atoms with E-state index in [1.807, 2.05) is 0 Å². The molecule has 0 spiro atoms. The van der Waals surface area contributed by atoms with Crippen molar-refractivity contribution in [2.45, 2.75) is 12.5 Å². The van der Waals surface area contributed by atoms with Crippen LogP contribution in [0.15, 0.2) is 36.5 Å². The van der Waals surface area contributed by atoms with Crippen LogP contribution in [0.1, 0.15) is 27.1 Å². The number of pyridine rings is 1. The monoisotopic (exact) mass is 424 g/mol. The maximum absolute atomic E-state index is 14.6. The molecule has 1 aromatic carbocycles. The molecule has 1 aromatic heterocycles. The van der Waals surface area contributed by atoms with E-state index in [-0.39, 0.29) is 22.7 Å². The summed E-state index contributed by atoms with van der Waals surface area (Å²) in [6, 6.07) is 6.17. The molecule has 1 aliphatic heterocycles. The smallest absolute Gasteiger partial charge is 0.274 e. The Labute approximate surface area is 171 Å². The summed E-state index contributed by atoms with van der Waals surface area (Å²) in [5.74, 6) is -2.33. The number of anilines is 1. The van der Waals surface area contributed by atoms with E-state index in [4.69, 9.17) is 9.52 Å². The number of nitrogens with one attached hydrogen (secondary N) is 3. The van der Waals surface area contributed by atoms with Gasteiger partial charge in [0, 0.05) is 18.3 Å². The van der Waals surface area contributed by atoms with Gasteiger partial charge < -0.3 is 15.4 Å². The molecule has 0 bridgehead atoms. The van der Waals surface area contributed by atoms with E-state index >= 15 is 0 Å². The third-order valence-electron chi connectivity index (χ3n) is 4.50. The molecule has 3 N–H and O–H groups in total. The van der Waals surface area contributed by atoms with Crippen LogP contribution < -0.4 is 15.4 Å². The number of guanidine groups is 1. The standard InChI is InChI=1S/C18H20FN5O4S/c1-18(10-29(26,27)24(2)17(20)23-18)13-8-11(4-6-14(13)19)22-16(25)15-7-5-12(28-3)9-21-15/h4-9H,10H2,1-3H3,(H2,20,23)(H,22,25)/t18-/m0/s1/i3D3. The van der Waals surface area contributed by atoms with Gasteiger partial charge in [-0.3, -0.25) is 10.2 Å². The van der Waals surface area contributed by atoms with Crippen molar-refractivity contribution in [3.8, 4) is 5.75 Å². The molecule has 0 aliphatic carbocycles. The van der Waals surface area contributed by atoms with Gasteiger partial charge in [-0.05, 0) is 37.3 Å². The minimum Gasteiger partial charge on any atom is -0.495 e. The van der Waals surface area contributed by atoms with E-state index in [2.05, 4.69) is 20.4 Å². The molecule has 154 valence electrons. The molecule has 9 nitrogen and oxygen atoms in total. The van der Waals surface area contributed by atoms with Gasteiger partial charge in [0.15, 0.2) is 0 Å². The van der Waals surface area contributed by atoms with E-state index in [1.54, 1.807) is 0 Å². The second kappa shape index (κ2) is 7.32. The van der Waals surface area contributed by atoms with Crippen molar-refractivity contribution in [3.63, 3.8) is 0 Å². The van der Waals surface area contributed by atoms with Crippen LogP contribution in [0, 0.1) is 11.2 Å². The van der Waals surface area contributed by atoms with Gasteiger partial charge in [-0.25, -0.2) is 22.1 Å². The fourth-order valence-electron chi connectivity index (χ4n) is 2.92. The number of hydrogen-bond donors (Lipinski definition) is 3. The van der Waals surface area contributed by atoms with Crippen molar-refractivity contribution in [3.05, 3.63) is 53.6 Å². The van der Waals surface area contributed by atoms with Crippen LogP contribution in [0.2, 0.25) is 0 Å². The van der Waals surface area contributed by atoms with E-state index in [0.717, 1.165) is 16.6 Å². The van der Waals surface area contributed by atoms with Gasteiger partial charge in [0.05, 0.1) is 28.6 Å². The first-order chi connectivity index (χ1) is 14.7. The van der Waals surface area contributed by atoms with E-state index in [9.17, 15) is 17.6 Å². The van der Waals surface area contributed by atoms with Gasteiger partial charge in [0.2, 0.25) is 16.0 Å². The van der Waals surface area contributed by atoms with E-state index in [0.29, 0.717) is 0 Å². The number of aromatic nitrogens is 1. The Morgan fingerprint density at radius 3 is 2.83 bits per heavy atom. The first-order valence-corrected chi connectivity index (χ1v) is 9.91. The average Bonchev–Trinajstić information content (AvgIpc) is 2.66. The van der Waals surface area contributed by atoms with Crippen LogP contribution >= 0.6 is 0 Å². The maximum atomic E-state index is 14.6. The maximum Gasteiger partial charge on any atom is 0.274 e. The Balaban J connectivity index is 1.83. The Kier molecular flexibility index (Phi) is 4.22. The quantitative estimate of drug-likeness (QED) is 0.683. The number of halogens is 1. The molecule has 0 radical (unpaired) electrons. The predicted molar refractivity (Wildman–Crippen MR) is 105 cm³/mol. The van der Waals surface area contributed by atoms with Crippen molar-refractivity contribution in [2.75, 3.05) is 25.2 Å². The number of sulfonamides is 1. The third kappa shape index (κ3) is 3.99. The zero-order valence-corrected chi connectivity index (χ0v) is 16.3. The number of ether oxygens (including phenoxy) is 1. The van der Waals surface area contributed by atoms with Gasteiger partial charge >= 0.3 is 0 Å². The van der Waals surface area contributed by atoms with Crippen molar-refractivity contribution in [1.82, 2.24) is 14.6 Å². The zero-order valence-electron chi connectivity index (χ0n) is 18.5. The number of carbonyl (C=O) groups is 1. The Morgan fingerprint density at radius 2 is 2.21 bits per heavy atom. The predicted octanol–water partition coefficient (Wildman–Crippen LogP) is 1.50. The van der Waals surface area contributed by atoms with Gasteiger partial charge in [-0.15, -0.1) is 0 Å². The largest absolute Gasteiger partial charge is 0.495 e. The molecule has 1 aliphatic rings. The molecule has 2 heterocycles. The highest BCUT2D eigenvalue weighted by Gasteiger charge is 2.43. The Bertz CT molecular complexity index is 1170. The molecule has 11 heteroatoms. The Hall–Kier alpha value is -3.21. The fraction of sp³-hybridized carbons (Fsp3) is 0.278. The third-order valence-corrected chi connectivity index (χ3v) is 6.46. The Morgan fingerprint density at radius 1 is 1.45 bits per heavy atom. The highest BCUT2D eigenvalue weighted by atomic mass is 32.2. The molecule has 0 unspecified atom stereocenters. The summed E-state index contributed by atoms with van der Waals surface area (Å²) in [6.45, 7) is 1.45. The molecule has 1 fully saturated rings. The molecule has 3 rings (SSSR count). The van der Waals surface area contributed by atoms with Gasteiger partial charge in [-0.1, -0.05) is 0 Å². The van der Waals surface area contributed by atoms with Gasteiger partial charge in [-0.2, -0.15) is 0 Å². The lowest BCUT2D eigenvalue weighted by Crippen LogP contribution is -2.61. The number of benzene rings is 1. The lowest BCUT2D eigenvalue weighted by atomic mass is 9.93. The van der Waals surface area contributed by atoms with Crippen molar-refractivity contribution >= 4 is 27.6 Å². The highest BCUT2D eigenvalue weighted by molar-refractivity contribution is 7.89. The van der Waals surface area contributed by atoms with Crippen molar-refractivity contribution in [2.24, 2.45) is 0 Å². The molecular weight excluding hydrogens is 401 g/mol. The topological polar surface area (TPSA) is 124 Å². The lowest BCUT2D eigenvalue weighted by molar-refractivity contribution is 0.102. The molecular formula is C18H20FN5O4S. The number of methoxy groups -OCH3 is 1. The van der Waals surface area contributed by atoms with Crippen LogP contribution in [0.4, 0.5) is 10.1 Å². The molecule has 29 heavy (non-hydrogen) atoms. The first-order valence-electron chi connectivity index (χ1n) is 9.80. The minimum absolute atomic E-state index is 0.0458. The molecule has 1 saturated heterocycles. The molecule has 0 saturated carbocycles. The van der Waals surface area contributed by atoms with Crippen molar-refractivity contribution in [1.29, 1.82) is 5.41 Å². The van der Waals surface area contributed by atoms with E-state index < -0.39 is 46.0 Å². The molecule has 1 amide bonds. The number of hydrogen-bond acceptors (Lipinski definition) is 6. The minimum atomic E-state index is -3.85. The second-order valence-corrected chi connectivity index (χ2v) is 8.66. The van der Waals surface area contributed by atoms with Gasteiger partial charge in [0.1, 0.15) is 17.3 Å². The molecule has 1 atom stereocenters. The first kappa shape index (κ1) is 16.7. The van der Waals surface area contributed by atoms with Crippen LogP contribution in [0.25, 0.3) is 0 Å². The van der Waals surface area contributed by atoms with Gasteiger partial charge in [0.25, 0.3) is 5.91 Å². The number of nitrogens with zero attached hydrogens (tertiary/aromatic N) is 2. The number of carbonyl (C=O) groups excluding carboxylic acids is 1. The summed E-state index contributed by atoms with van der Waals surface area (Å²) in [5.41, 5.74) is -1.38. The zero-order chi connectivity index (χ0) is 23.9. The summed E-state index contributed by atoms with van der Waals surface area (Å²) in [6.07, 6.45) is 1.08. The summed E-state index contributed by atoms with van der Waals surface area (Å²) in [4.78, 5) is 16.3. The summed E-state index contributed by atoms with van der Waals surface area (Å²) in [7, 11) is -5.28. The van der Waals surface area contributed by atoms with Crippen molar-refractivity contribution < 1.29 is 26.5 Å². The number of amides is 1. The van der Waals surface area contributed by atoms with Crippen LogP contribution in [-0.2, 0) is 15.6 Å². The van der Waals surface area contributed by atoms with Crippen LogP contribution in [-0.4, -0.2) is 49.4 Å². The summed E-state index contributed by atoms with van der Waals surface area (Å²) < 4.78 is 65.9. The molecule has 2 aromatic rings. The fourth-order valence-corrected chi connectivity index (χ4v) is 4.39. The van der Waals surface area contributed by atoms with Crippen LogP contribution in [0.5, 0.6) is 5.75 Å².